The SMILES string of the molecule is CN=C(NCc1cc(C(C)C)no1)NCC(C)CN1CCCCC1.I. The summed E-state index contributed by atoms with van der Waals surface area (Å²) in [6.45, 7) is 11.7. The Kier molecular flexibility index (Phi) is 10.4. The van der Waals surface area contributed by atoms with Crippen LogP contribution in [-0.2, 0) is 6.54 Å². The van der Waals surface area contributed by atoms with E-state index in [1.807, 2.05) is 6.07 Å². The van der Waals surface area contributed by atoms with E-state index in [0.29, 0.717) is 18.4 Å². The molecule has 0 amide bonds. The fourth-order valence-corrected chi connectivity index (χ4v) is 2.99. The van der Waals surface area contributed by atoms with Gasteiger partial charge in [-0.2, -0.15) is 0 Å². The summed E-state index contributed by atoms with van der Waals surface area (Å²) in [5.41, 5.74) is 0.991. The maximum Gasteiger partial charge on any atom is 0.191 e. The smallest absolute Gasteiger partial charge is 0.191 e. The van der Waals surface area contributed by atoms with Crippen molar-refractivity contribution in [2.24, 2.45) is 10.9 Å². The maximum absolute atomic E-state index is 5.35. The van der Waals surface area contributed by atoms with Crippen LogP contribution >= 0.6 is 24.0 Å². The predicted molar refractivity (Wildman–Crippen MR) is 114 cm³/mol. The number of rotatable bonds is 7. The molecule has 1 aromatic heterocycles. The quantitative estimate of drug-likeness (QED) is 0.370. The van der Waals surface area contributed by atoms with E-state index in [9.17, 15) is 0 Å². The van der Waals surface area contributed by atoms with Gasteiger partial charge < -0.3 is 20.1 Å². The minimum atomic E-state index is 0. The number of likely N-dealkylation sites (tertiary alicyclic amines) is 1. The fraction of sp³-hybridized carbons (Fsp3) is 0.778. The Hall–Kier alpha value is -0.830. The van der Waals surface area contributed by atoms with Crippen LogP contribution in [0.5, 0.6) is 0 Å². The molecule has 0 aliphatic carbocycles. The molecule has 1 aliphatic rings. The molecule has 0 radical (unpaired) electrons. The van der Waals surface area contributed by atoms with Crippen LogP contribution in [0.1, 0.15) is 57.4 Å². The van der Waals surface area contributed by atoms with E-state index in [0.717, 1.165) is 30.5 Å². The fourth-order valence-electron chi connectivity index (χ4n) is 2.99. The van der Waals surface area contributed by atoms with Crippen LogP contribution in [0.15, 0.2) is 15.6 Å². The first kappa shape index (κ1) is 22.2. The van der Waals surface area contributed by atoms with Crippen molar-refractivity contribution in [2.75, 3.05) is 33.2 Å². The molecule has 1 unspecified atom stereocenters. The zero-order valence-corrected chi connectivity index (χ0v) is 18.4. The third kappa shape index (κ3) is 7.94. The molecule has 1 saturated heterocycles. The largest absolute Gasteiger partial charge is 0.359 e. The average Bonchev–Trinajstić information content (AvgIpc) is 3.05. The van der Waals surface area contributed by atoms with Crippen LogP contribution in [0.2, 0.25) is 0 Å². The number of guanidine groups is 1. The third-order valence-electron chi connectivity index (χ3n) is 4.46. The van der Waals surface area contributed by atoms with Crippen molar-refractivity contribution in [2.45, 2.75) is 52.5 Å². The molecule has 144 valence electrons. The second kappa shape index (κ2) is 11.7. The van der Waals surface area contributed by atoms with Gasteiger partial charge in [0.05, 0.1) is 12.2 Å². The molecule has 25 heavy (non-hydrogen) atoms. The van der Waals surface area contributed by atoms with Gasteiger partial charge in [-0.05, 0) is 37.8 Å². The molecule has 1 fully saturated rings. The summed E-state index contributed by atoms with van der Waals surface area (Å²) in [4.78, 5) is 6.86. The minimum absolute atomic E-state index is 0. The standard InChI is InChI=1S/C18H33N5O.HI/c1-14(2)17-10-16(24-22-17)12-21-18(19-4)20-11-15(3)13-23-8-6-5-7-9-23;/h10,14-15H,5-9,11-13H2,1-4H3,(H2,19,20,21);1H. The second-order valence-corrected chi connectivity index (χ2v) is 7.15. The highest BCUT2D eigenvalue weighted by Crippen LogP contribution is 2.13. The first-order valence-corrected chi connectivity index (χ1v) is 9.21. The summed E-state index contributed by atoms with van der Waals surface area (Å²) in [6, 6.07) is 2.00. The van der Waals surface area contributed by atoms with E-state index in [4.69, 9.17) is 4.52 Å². The van der Waals surface area contributed by atoms with Gasteiger partial charge in [-0.15, -0.1) is 24.0 Å². The van der Waals surface area contributed by atoms with Crippen LogP contribution in [0.4, 0.5) is 0 Å². The molecule has 2 heterocycles. The van der Waals surface area contributed by atoms with Gasteiger partial charge in [0.2, 0.25) is 0 Å². The molecule has 6 nitrogen and oxygen atoms in total. The second-order valence-electron chi connectivity index (χ2n) is 7.15. The van der Waals surface area contributed by atoms with Crippen molar-refractivity contribution in [3.63, 3.8) is 0 Å². The Morgan fingerprint density at radius 1 is 1.24 bits per heavy atom. The van der Waals surface area contributed by atoms with E-state index in [-0.39, 0.29) is 24.0 Å². The number of aliphatic imine (C=N–C) groups is 1. The van der Waals surface area contributed by atoms with Gasteiger partial charge in [-0.25, -0.2) is 0 Å². The Bertz CT molecular complexity index is 511. The Morgan fingerprint density at radius 2 is 1.96 bits per heavy atom. The Morgan fingerprint density at radius 3 is 2.56 bits per heavy atom. The van der Waals surface area contributed by atoms with Crippen molar-refractivity contribution < 1.29 is 4.52 Å². The van der Waals surface area contributed by atoms with E-state index < -0.39 is 0 Å². The van der Waals surface area contributed by atoms with Gasteiger partial charge in [0.15, 0.2) is 11.7 Å². The van der Waals surface area contributed by atoms with Crippen LogP contribution in [-0.4, -0.2) is 49.2 Å². The summed E-state index contributed by atoms with van der Waals surface area (Å²) in [5.74, 6) is 2.63. The first-order valence-electron chi connectivity index (χ1n) is 9.21. The molecular weight excluding hydrogens is 429 g/mol. The number of piperidine rings is 1. The van der Waals surface area contributed by atoms with E-state index in [1.54, 1.807) is 7.05 Å². The monoisotopic (exact) mass is 463 g/mol. The Labute approximate surface area is 169 Å². The molecule has 0 spiro atoms. The number of hydrogen-bond acceptors (Lipinski definition) is 4. The maximum atomic E-state index is 5.35. The minimum Gasteiger partial charge on any atom is -0.359 e. The number of nitrogens with zero attached hydrogens (tertiary/aromatic N) is 3. The number of halogens is 1. The van der Waals surface area contributed by atoms with Crippen molar-refractivity contribution in [1.29, 1.82) is 0 Å². The highest BCUT2D eigenvalue weighted by atomic mass is 127. The van der Waals surface area contributed by atoms with E-state index >= 15 is 0 Å². The topological polar surface area (TPSA) is 65.7 Å². The van der Waals surface area contributed by atoms with Gasteiger partial charge in [-0.1, -0.05) is 32.3 Å². The van der Waals surface area contributed by atoms with Crippen LogP contribution in [0, 0.1) is 5.92 Å². The summed E-state index contributed by atoms with van der Waals surface area (Å²) >= 11 is 0. The molecule has 0 aromatic carbocycles. The summed E-state index contributed by atoms with van der Waals surface area (Å²) in [7, 11) is 1.80. The lowest BCUT2D eigenvalue weighted by atomic mass is 10.1. The molecular formula is C18H34IN5O. The Balaban J connectivity index is 0.00000312. The lowest BCUT2D eigenvalue weighted by Gasteiger charge is -2.29. The van der Waals surface area contributed by atoms with Gasteiger partial charge in [0.25, 0.3) is 0 Å². The molecule has 2 N–H and O–H groups in total. The number of aromatic nitrogens is 1. The van der Waals surface area contributed by atoms with E-state index in [1.165, 1.54) is 32.4 Å². The average molecular weight is 463 g/mol. The third-order valence-corrected chi connectivity index (χ3v) is 4.46. The molecule has 1 aromatic rings. The number of hydrogen-bond donors (Lipinski definition) is 2. The lowest BCUT2D eigenvalue weighted by Crippen LogP contribution is -2.42. The lowest BCUT2D eigenvalue weighted by molar-refractivity contribution is 0.201. The molecule has 0 saturated carbocycles. The summed E-state index contributed by atoms with van der Waals surface area (Å²) in [5, 5.41) is 10.8. The van der Waals surface area contributed by atoms with Gasteiger partial charge in [0.1, 0.15) is 0 Å². The van der Waals surface area contributed by atoms with Gasteiger partial charge in [-0.3, -0.25) is 4.99 Å². The summed E-state index contributed by atoms with van der Waals surface area (Å²) < 4.78 is 5.35. The highest BCUT2D eigenvalue weighted by Gasteiger charge is 2.14. The van der Waals surface area contributed by atoms with Crippen LogP contribution in [0.3, 0.4) is 0 Å². The molecule has 2 rings (SSSR count). The van der Waals surface area contributed by atoms with Gasteiger partial charge in [0, 0.05) is 26.2 Å². The molecule has 0 bridgehead atoms. The summed E-state index contributed by atoms with van der Waals surface area (Å²) in [6.07, 6.45) is 4.08. The molecule has 1 atom stereocenters. The van der Waals surface area contributed by atoms with Crippen molar-refractivity contribution in [3.8, 4) is 0 Å². The van der Waals surface area contributed by atoms with Crippen molar-refractivity contribution in [3.05, 3.63) is 17.5 Å². The molecule has 1 aliphatic heterocycles. The highest BCUT2D eigenvalue weighted by molar-refractivity contribution is 14.0. The predicted octanol–water partition coefficient (Wildman–Crippen LogP) is 3.20. The van der Waals surface area contributed by atoms with Crippen LogP contribution in [0.25, 0.3) is 0 Å². The normalized spacial score (nSPS) is 17.2. The molecule has 7 heteroatoms. The van der Waals surface area contributed by atoms with Crippen LogP contribution < -0.4 is 10.6 Å². The van der Waals surface area contributed by atoms with Crippen molar-refractivity contribution in [1.82, 2.24) is 20.7 Å². The van der Waals surface area contributed by atoms with E-state index in [2.05, 4.69) is 46.5 Å². The van der Waals surface area contributed by atoms with Gasteiger partial charge >= 0.3 is 0 Å². The number of nitrogens with one attached hydrogen (secondary N) is 2. The zero-order chi connectivity index (χ0) is 17.4. The first-order chi connectivity index (χ1) is 11.6. The zero-order valence-electron chi connectivity index (χ0n) is 16.0. The van der Waals surface area contributed by atoms with Crippen molar-refractivity contribution >= 4 is 29.9 Å².